The molecule has 5 rings (SSSR count). The molecule has 1 aliphatic heterocycles. The van der Waals surface area contributed by atoms with Crippen molar-refractivity contribution < 1.29 is 9.47 Å². The highest BCUT2D eigenvalue weighted by Gasteiger charge is 2.34. The average Bonchev–Trinajstić information content (AvgIpc) is 3.39. The molecule has 2 aromatic heterocycles. The van der Waals surface area contributed by atoms with Crippen molar-refractivity contribution in [2.24, 2.45) is 0 Å². The monoisotopic (exact) mass is 494 g/mol. The molecule has 1 atom stereocenters. The molecular weight excluding hydrogens is 456 g/mol. The number of ether oxygens (including phenoxy) is 2. The molecule has 0 radical (unpaired) electrons. The van der Waals surface area contributed by atoms with Crippen LogP contribution in [0.3, 0.4) is 0 Å². The maximum atomic E-state index is 13.3. The van der Waals surface area contributed by atoms with Crippen molar-refractivity contribution >= 4 is 10.9 Å². The summed E-state index contributed by atoms with van der Waals surface area (Å²) in [5.41, 5.74) is 1.25. The highest BCUT2D eigenvalue weighted by molar-refractivity contribution is 5.83. The van der Waals surface area contributed by atoms with Crippen LogP contribution < -0.4 is 15.0 Å². The van der Waals surface area contributed by atoms with Gasteiger partial charge in [-0.3, -0.25) is 9.69 Å². The standard InChI is InChI=1S/C27H38N6O3/c1-5-22(25-29-30-31-33(25)27(3,4)6-2)32(20-10-8-7-9-11-20)17-19-14-18-15-23-24(36-13-12-35-23)16-21(18)28-26(19)34/h14-16,20,22H,5-13,17H2,1-4H3,(H,28,34)/t22-/m0/s1. The number of benzene rings is 1. The molecule has 2 aliphatic rings. The molecule has 3 aromatic rings. The SMILES string of the molecule is CC[C@@H](c1nnnn1C(C)(C)CC)N(Cc1cc2cc3c(cc2[nH]c1=O)OCCO3)C1CCCCC1. The molecule has 0 bridgehead atoms. The summed E-state index contributed by atoms with van der Waals surface area (Å²) >= 11 is 0. The van der Waals surface area contributed by atoms with Gasteiger partial charge in [-0.05, 0) is 62.1 Å². The van der Waals surface area contributed by atoms with Gasteiger partial charge in [0.1, 0.15) is 13.2 Å². The minimum atomic E-state index is -0.188. The largest absolute Gasteiger partial charge is 0.486 e. The van der Waals surface area contributed by atoms with Crippen LogP contribution in [0, 0.1) is 0 Å². The molecule has 0 amide bonds. The predicted octanol–water partition coefficient (Wildman–Crippen LogP) is 4.72. The topological polar surface area (TPSA) is 98.2 Å². The van der Waals surface area contributed by atoms with Crippen molar-refractivity contribution in [3.8, 4) is 11.5 Å². The van der Waals surface area contributed by atoms with Gasteiger partial charge in [0, 0.05) is 29.6 Å². The number of hydrogen-bond acceptors (Lipinski definition) is 7. The number of pyridine rings is 1. The van der Waals surface area contributed by atoms with Crippen LogP contribution in [0.25, 0.3) is 10.9 Å². The zero-order valence-corrected chi connectivity index (χ0v) is 21.9. The Morgan fingerprint density at radius 3 is 2.53 bits per heavy atom. The second-order valence-electron chi connectivity index (χ2n) is 10.7. The Bertz CT molecular complexity index is 1260. The van der Waals surface area contributed by atoms with E-state index in [9.17, 15) is 4.79 Å². The van der Waals surface area contributed by atoms with Gasteiger partial charge in [0.2, 0.25) is 0 Å². The third-order valence-corrected chi connectivity index (χ3v) is 8.00. The van der Waals surface area contributed by atoms with Crippen LogP contribution in [0.5, 0.6) is 11.5 Å². The Balaban J connectivity index is 1.54. The van der Waals surface area contributed by atoms with E-state index in [0.29, 0.717) is 31.5 Å². The van der Waals surface area contributed by atoms with Crippen molar-refractivity contribution in [1.82, 2.24) is 30.1 Å². The molecule has 194 valence electrons. The maximum absolute atomic E-state index is 13.3. The number of nitrogens with zero attached hydrogens (tertiary/aromatic N) is 5. The lowest BCUT2D eigenvalue weighted by atomic mass is 9.91. The molecule has 3 heterocycles. The number of hydrogen-bond donors (Lipinski definition) is 1. The van der Waals surface area contributed by atoms with Crippen LogP contribution in [0.2, 0.25) is 0 Å². The zero-order chi connectivity index (χ0) is 25.3. The van der Waals surface area contributed by atoms with Gasteiger partial charge in [-0.25, -0.2) is 4.68 Å². The molecule has 36 heavy (non-hydrogen) atoms. The van der Waals surface area contributed by atoms with Crippen LogP contribution in [-0.4, -0.2) is 49.3 Å². The zero-order valence-electron chi connectivity index (χ0n) is 21.9. The fourth-order valence-corrected chi connectivity index (χ4v) is 5.56. The Labute approximate surface area is 212 Å². The summed E-state index contributed by atoms with van der Waals surface area (Å²) in [4.78, 5) is 18.9. The quantitative estimate of drug-likeness (QED) is 0.484. The van der Waals surface area contributed by atoms with Gasteiger partial charge in [-0.2, -0.15) is 0 Å². The normalized spacial score (nSPS) is 17.6. The number of nitrogens with one attached hydrogen (secondary N) is 1. The summed E-state index contributed by atoms with van der Waals surface area (Å²) in [6, 6.07) is 6.24. The summed E-state index contributed by atoms with van der Waals surface area (Å²) in [6.07, 6.45) is 7.72. The number of aromatic nitrogens is 5. The Kier molecular flexibility index (Phi) is 7.01. The second-order valence-corrected chi connectivity index (χ2v) is 10.7. The van der Waals surface area contributed by atoms with Crippen LogP contribution in [0.1, 0.15) is 90.1 Å². The third-order valence-electron chi connectivity index (χ3n) is 8.00. The summed E-state index contributed by atoms with van der Waals surface area (Å²) in [7, 11) is 0. The van der Waals surface area contributed by atoms with Crippen molar-refractivity contribution in [2.45, 2.75) is 96.8 Å². The Hall–Kier alpha value is -2.94. The van der Waals surface area contributed by atoms with E-state index >= 15 is 0 Å². The molecule has 1 aromatic carbocycles. The molecular formula is C27H38N6O3. The molecule has 1 fully saturated rings. The summed E-state index contributed by atoms with van der Waals surface area (Å²) in [5, 5.41) is 13.9. The van der Waals surface area contributed by atoms with E-state index in [0.717, 1.165) is 53.7 Å². The molecule has 0 spiro atoms. The highest BCUT2D eigenvalue weighted by Crippen LogP contribution is 2.36. The van der Waals surface area contributed by atoms with E-state index in [1.54, 1.807) is 0 Å². The first kappa shape index (κ1) is 24.7. The maximum Gasteiger partial charge on any atom is 0.252 e. The Morgan fingerprint density at radius 1 is 1.11 bits per heavy atom. The van der Waals surface area contributed by atoms with E-state index < -0.39 is 0 Å². The van der Waals surface area contributed by atoms with Crippen LogP contribution in [-0.2, 0) is 12.1 Å². The van der Waals surface area contributed by atoms with Crippen molar-refractivity contribution in [2.75, 3.05) is 13.2 Å². The van der Waals surface area contributed by atoms with Crippen LogP contribution >= 0.6 is 0 Å². The lowest BCUT2D eigenvalue weighted by molar-refractivity contribution is 0.0801. The highest BCUT2D eigenvalue weighted by atomic mass is 16.6. The van der Waals surface area contributed by atoms with Gasteiger partial charge in [-0.1, -0.05) is 33.1 Å². The lowest BCUT2D eigenvalue weighted by Crippen LogP contribution is -2.42. The van der Waals surface area contributed by atoms with E-state index in [1.165, 1.54) is 19.3 Å². The molecule has 1 aliphatic carbocycles. The summed E-state index contributed by atoms with van der Waals surface area (Å²) in [5.74, 6) is 2.28. The van der Waals surface area contributed by atoms with Gasteiger partial charge < -0.3 is 14.5 Å². The number of fused-ring (bicyclic) bond motifs is 2. The second kappa shape index (κ2) is 10.2. The summed E-state index contributed by atoms with van der Waals surface area (Å²) in [6.45, 7) is 10.3. The van der Waals surface area contributed by atoms with Gasteiger partial charge in [0.15, 0.2) is 17.3 Å². The third kappa shape index (κ3) is 4.73. The molecule has 9 heteroatoms. The van der Waals surface area contributed by atoms with Crippen molar-refractivity contribution in [3.63, 3.8) is 0 Å². The minimum Gasteiger partial charge on any atom is -0.486 e. The average molecular weight is 495 g/mol. The van der Waals surface area contributed by atoms with Crippen molar-refractivity contribution in [1.29, 1.82) is 0 Å². The lowest BCUT2D eigenvalue weighted by Gasteiger charge is -2.40. The first-order valence-electron chi connectivity index (χ1n) is 13.4. The molecule has 0 unspecified atom stereocenters. The van der Waals surface area contributed by atoms with E-state index in [-0.39, 0.29) is 17.1 Å². The number of tetrazole rings is 1. The van der Waals surface area contributed by atoms with Gasteiger partial charge >= 0.3 is 0 Å². The summed E-state index contributed by atoms with van der Waals surface area (Å²) < 4.78 is 13.5. The van der Waals surface area contributed by atoms with Gasteiger partial charge in [-0.15, -0.1) is 5.10 Å². The first-order valence-corrected chi connectivity index (χ1v) is 13.4. The van der Waals surface area contributed by atoms with Gasteiger partial charge in [0.05, 0.1) is 17.1 Å². The van der Waals surface area contributed by atoms with E-state index in [1.807, 2.05) is 22.9 Å². The number of aromatic amines is 1. The predicted molar refractivity (Wildman–Crippen MR) is 138 cm³/mol. The molecule has 0 saturated heterocycles. The van der Waals surface area contributed by atoms with E-state index in [2.05, 4.69) is 53.1 Å². The smallest absolute Gasteiger partial charge is 0.252 e. The molecule has 1 saturated carbocycles. The molecule has 1 N–H and O–H groups in total. The van der Waals surface area contributed by atoms with Crippen LogP contribution in [0.4, 0.5) is 0 Å². The number of rotatable bonds is 8. The fraction of sp³-hybridized carbons (Fsp3) is 0.630. The minimum absolute atomic E-state index is 0.0179. The number of H-pyrrole nitrogens is 1. The van der Waals surface area contributed by atoms with Crippen LogP contribution in [0.15, 0.2) is 23.0 Å². The Morgan fingerprint density at radius 2 is 1.83 bits per heavy atom. The fourth-order valence-electron chi connectivity index (χ4n) is 5.56. The first-order chi connectivity index (χ1) is 17.4. The van der Waals surface area contributed by atoms with E-state index in [4.69, 9.17) is 9.47 Å². The van der Waals surface area contributed by atoms with Crippen molar-refractivity contribution in [3.05, 3.63) is 39.9 Å². The van der Waals surface area contributed by atoms with Gasteiger partial charge in [0.25, 0.3) is 5.56 Å². The molecule has 9 nitrogen and oxygen atoms in total.